The Bertz CT molecular complexity index is 248. The van der Waals surface area contributed by atoms with Gasteiger partial charge in [-0.2, -0.15) is 0 Å². The van der Waals surface area contributed by atoms with E-state index in [9.17, 15) is 0 Å². The lowest BCUT2D eigenvalue weighted by Gasteiger charge is -2.09. The van der Waals surface area contributed by atoms with Gasteiger partial charge in [-0.25, -0.2) is 0 Å². The molecular weight excluding hydrogens is 148 g/mol. The zero-order chi connectivity index (χ0) is 9.14. The second-order valence-corrected chi connectivity index (χ2v) is 3.56. The summed E-state index contributed by atoms with van der Waals surface area (Å²) in [6, 6.07) is 4.88. The number of hydrogen-bond donors (Lipinski definition) is 1. The van der Waals surface area contributed by atoms with Crippen LogP contribution in [0.2, 0.25) is 0 Å². The molecule has 0 unspecified atom stereocenters. The lowest BCUT2D eigenvalue weighted by atomic mass is 10.3. The number of rotatable bonds is 3. The van der Waals surface area contributed by atoms with Crippen molar-refractivity contribution >= 4 is 0 Å². The normalized spacial score (nSPS) is 11.1. The summed E-state index contributed by atoms with van der Waals surface area (Å²) in [4.78, 5) is 0. The van der Waals surface area contributed by atoms with Gasteiger partial charge in [-0.05, 0) is 19.1 Å². The Morgan fingerprint density at radius 3 is 2.50 bits per heavy atom. The van der Waals surface area contributed by atoms with Crippen LogP contribution in [0.15, 0.2) is 12.1 Å². The molecule has 2 heteroatoms. The first-order valence-electron chi connectivity index (χ1n) is 4.46. The van der Waals surface area contributed by atoms with Crippen molar-refractivity contribution in [3.8, 4) is 0 Å². The van der Waals surface area contributed by atoms with Crippen molar-refractivity contribution in [2.75, 3.05) is 0 Å². The molecule has 0 radical (unpaired) electrons. The standard InChI is InChI=1S/C10H18N2/c1-8(2)11-7-10-6-5-9(3)12(10)4/h5-6,8,11H,7H2,1-4H3. The summed E-state index contributed by atoms with van der Waals surface area (Å²) in [7, 11) is 2.10. The zero-order valence-corrected chi connectivity index (χ0v) is 8.39. The molecule has 68 valence electrons. The summed E-state index contributed by atoms with van der Waals surface area (Å²) in [5.74, 6) is 0. The van der Waals surface area contributed by atoms with Gasteiger partial charge in [0.25, 0.3) is 0 Å². The van der Waals surface area contributed by atoms with Gasteiger partial charge >= 0.3 is 0 Å². The SMILES string of the molecule is Cc1ccc(CNC(C)C)n1C. The summed E-state index contributed by atoms with van der Waals surface area (Å²) in [6.07, 6.45) is 0. The first-order chi connectivity index (χ1) is 5.61. The van der Waals surface area contributed by atoms with Crippen LogP contribution in [0.5, 0.6) is 0 Å². The minimum atomic E-state index is 0.556. The topological polar surface area (TPSA) is 17.0 Å². The lowest BCUT2D eigenvalue weighted by molar-refractivity contribution is 0.569. The highest BCUT2D eigenvalue weighted by molar-refractivity contribution is 5.14. The van der Waals surface area contributed by atoms with E-state index in [1.54, 1.807) is 0 Å². The molecule has 0 aliphatic carbocycles. The first-order valence-corrected chi connectivity index (χ1v) is 4.46. The second-order valence-electron chi connectivity index (χ2n) is 3.56. The van der Waals surface area contributed by atoms with Crippen LogP contribution in [-0.4, -0.2) is 10.6 Å². The fourth-order valence-electron chi connectivity index (χ4n) is 1.15. The molecular formula is C10H18N2. The number of aryl methyl sites for hydroxylation is 1. The van der Waals surface area contributed by atoms with Gasteiger partial charge in [0, 0.05) is 31.0 Å². The minimum Gasteiger partial charge on any atom is -0.351 e. The Balaban J connectivity index is 2.58. The lowest BCUT2D eigenvalue weighted by Crippen LogP contribution is -2.23. The molecule has 0 aliphatic heterocycles. The highest BCUT2D eigenvalue weighted by atomic mass is 15.0. The van der Waals surface area contributed by atoms with E-state index < -0.39 is 0 Å². The fraction of sp³-hybridized carbons (Fsp3) is 0.600. The van der Waals surface area contributed by atoms with Gasteiger partial charge in [-0.1, -0.05) is 13.8 Å². The molecule has 0 fully saturated rings. The van der Waals surface area contributed by atoms with Gasteiger partial charge in [0.05, 0.1) is 0 Å². The van der Waals surface area contributed by atoms with Crippen LogP contribution >= 0.6 is 0 Å². The van der Waals surface area contributed by atoms with E-state index in [0.29, 0.717) is 6.04 Å². The van der Waals surface area contributed by atoms with Gasteiger partial charge in [0.1, 0.15) is 0 Å². The highest BCUT2D eigenvalue weighted by Gasteiger charge is 2.00. The van der Waals surface area contributed by atoms with Crippen molar-refractivity contribution in [2.24, 2.45) is 7.05 Å². The third-order valence-corrected chi connectivity index (χ3v) is 2.17. The molecule has 0 amide bonds. The molecule has 0 saturated heterocycles. The molecule has 0 aliphatic rings. The molecule has 1 aromatic heterocycles. The van der Waals surface area contributed by atoms with E-state index in [1.165, 1.54) is 11.4 Å². The van der Waals surface area contributed by atoms with Gasteiger partial charge < -0.3 is 9.88 Å². The van der Waals surface area contributed by atoms with E-state index in [1.807, 2.05) is 0 Å². The average Bonchev–Trinajstić information content (AvgIpc) is 2.30. The van der Waals surface area contributed by atoms with Crippen LogP contribution in [0, 0.1) is 6.92 Å². The summed E-state index contributed by atoms with van der Waals surface area (Å²) >= 11 is 0. The smallest absolute Gasteiger partial charge is 0.0361 e. The van der Waals surface area contributed by atoms with Crippen LogP contribution in [0.25, 0.3) is 0 Å². The Kier molecular flexibility index (Phi) is 2.93. The molecule has 1 N–H and O–H groups in total. The van der Waals surface area contributed by atoms with Crippen LogP contribution < -0.4 is 5.32 Å². The maximum absolute atomic E-state index is 3.40. The van der Waals surface area contributed by atoms with Crippen molar-refractivity contribution < 1.29 is 0 Å². The summed E-state index contributed by atoms with van der Waals surface area (Å²) in [5.41, 5.74) is 2.66. The van der Waals surface area contributed by atoms with Crippen molar-refractivity contribution in [3.63, 3.8) is 0 Å². The average molecular weight is 166 g/mol. The third-order valence-electron chi connectivity index (χ3n) is 2.17. The molecule has 1 rings (SSSR count). The first kappa shape index (κ1) is 9.33. The molecule has 0 saturated carbocycles. The number of hydrogen-bond acceptors (Lipinski definition) is 1. The van der Waals surface area contributed by atoms with Crippen LogP contribution in [0.1, 0.15) is 25.2 Å². The predicted octanol–water partition coefficient (Wildman–Crippen LogP) is 1.83. The Hall–Kier alpha value is -0.760. The largest absolute Gasteiger partial charge is 0.351 e. The molecule has 0 aromatic carbocycles. The van der Waals surface area contributed by atoms with Gasteiger partial charge in [-0.15, -0.1) is 0 Å². The van der Waals surface area contributed by atoms with Crippen LogP contribution in [0.3, 0.4) is 0 Å². The molecule has 1 heterocycles. The predicted molar refractivity (Wildman–Crippen MR) is 52.1 cm³/mol. The quantitative estimate of drug-likeness (QED) is 0.725. The molecule has 2 nitrogen and oxygen atoms in total. The summed E-state index contributed by atoms with van der Waals surface area (Å²) < 4.78 is 2.22. The Morgan fingerprint density at radius 2 is 2.08 bits per heavy atom. The van der Waals surface area contributed by atoms with Crippen LogP contribution in [-0.2, 0) is 13.6 Å². The Labute approximate surface area is 74.6 Å². The number of nitrogens with zero attached hydrogens (tertiary/aromatic N) is 1. The van der Waals surface area contributed by atoms with Gasteiger partial charge in [0.15, 0.2) is 0 Å². The van der Waals surface area contributed by atoms with Crippen LogP contribution in [0.4, 0.5) is 0 Å². The van der Waals surface area contributed by atoms with E-state index in [4.69, 9.17) is 0 Å². The Morgan fingerprint density at radius 1 is 1.42 bits per heavy atom. The van der Waals surface area contributed by atoms with Crippen molar-refractivity contribution in [1.82, 2.24) is 9.88 Å². The minimum absolute atomic E-state index is 0.556. The highest BCUT2D eigenvalue weighted by Crippen LogP contribution is 2.05. The second kappa shape index (κ2) is 3.76. The van der Waals surface area contributed by atoms with E-state index in [0.717, 1.165) is 6.54 Å². The van der Waals surface area contributed by atoms with Crippen molar-refractivity contribution in [1.29, 1.82) is 0 Å². The number of aromatic nitrogens is 1. The molecule has 0 atom stereocenters. The zero-order valence-electron chi connectivity index (χ0n) is 8.39. The third kappa shape index (κ3) is 2.11. The maximum atomic E-state index is 3.40. The van der Waals surface area contributed by atoms with Gasteiger partial charge in [-0.3, -0.25) is 0 Å². The van der Waals surface area contributed by atoms with Crippen molar-refractivity contribution in [2.45, 2.75) is 33.4 Å². The van der Waals surface area contributed by atoms with Crippen molar-refractivity contribution in [3.05, 3.63) is 23.5 Å². The monoisotopic (exact) mass is 166 g/mol. The molecule has 1 aromatic rings. The molecule has 12 heavy (non-hydrogen) atoms. The number of nitrogens with one attached hydrogen (secondary N) is 1. The molecule has 0 bridgehead atoms. The fourth-order valence-corrected chi connectivity index (χ4v) is 1.15. The van der Waals surface area contributed by atoms with E-state index in [-0.39, 0.29) is 0 Å². The van der Waals surface area contributed by atoms with E-state index in [2.05, 4.69) is 49.8 Å². The summed E-state index contributed by atoms with van der Waals surface area (Å²) in [6.45, 7) is 7.41. The van der Waals surface area contributed by atoms with Gasteiger partial charge in [0.2, 0.25) is 0 Å². The molecule has 0 spiro atoms. The maximum Gasteiger partial charge on any atom is 0.0361 e. The summed E-state index contributed by atoms with van der Waals surface area (Å²) in [5, 5.41) is 3.40. The van der Waals surface area contributed by atoms with E-state index >= 15 is 0 Å².